The molecule has 6 nitrogen and oxygen atoms in total. The lowest BCUT2D eigenvalue weighted by Gasteiger charge is -2.06. The van der Waals surface area contributed by atoms with Gasteiger partial charge in [0.1, 0.15) is 5.82 Å². The molecule has 106 valence electrons. The van der Waals surface area contributed by atoms with Gasteiger partial charge in [-0.15, -0.1) is 5.10 Å². The van der Waals surface area contributed by atoms with Crippen LogP contribution in [-0.4, -0.2) is 31.6 Å². The van der Waals surface area contributed by atoms with Crippen molar-refractivity contribution >= 4 is 17.7 Å². The van der Waals surface area contributed by atoms with E-state index in [1.807, 2.05) is 5.10 Å². The van der Waals surface area contributed by atoms with Crippen LogP contribution in [0.1, 0.15) is 0 Å². The summed E-state index contributed by atoms with van der Waals surface area (Å²) in [6.07, 6.45) is 0. The summed E-state index contributed by atoms with van der Waals surface area (Å²) in [5.41, 5.74) is -1.63. The number of H-pyrrole nitrogens is 1. The third-order valence-electron chi connectivity index (χ3n) is 2.18. The number of hydrogen-bond acceptors (Lipinski definition) is 4. The van der Waals surface area contributed by atoms with E-state index in [9.17, 15) is 22.8 Å². The first-order chi connectivity index (χ1) is 9.40. The molecule has 0 aliphatic rings. The van der Waals surface area contributed by atoms with Gasteiger partial charge in [0.2, 0.25) is 0 Å². The van der Waals surface area contributed by atoms with E-state index in [1.165, 1.54) is 0 Å². The van der Waals surface area contributed by atoms with E-state index < -0.39 is 40.6 Å². The Labute approximate surface area is 113 Å². The van der Waals surface area contributed by atoms with Crippen molar-refractivity contribution in [2.45, 2.75) is 5.16 Å². The number of hydrogen-bond donors (Lipinski definition) is 2. The molecule has 0 fully saturated rings. The van der Waals surface area contributed by atoms with Gasteiger partial charge in [-0.05, 0) is 0 Å². The van der Waals surface area contributed by atoms with Crippen LogP contribution in [0.25, 0.3) is 5.69 Å². The minimum Gasteiger partial charge on any atom is -0.481 e. The molecule has 0 atom stereocenters. The second-order valence-corrected chi connectivity index (χ2v) is 4.49. The highest BCUT2D eigenvalue weighted by Gasteiger charge is 2.19. The van der Waals surface area contributed by atoms with Crippen molar-refractivity contribution in [2.75, 3.05) is 5.75 Å². The first kappa shape index (κ1) is 14.2. The molecule has 2 aromatic rings. The number of thioether (sulfide) groups is 1. The van der Waals surface area contributed by atoms with Crippen molar-refractivity contribution < 1.29 is 23.1 Å². The molecular formula is C10H6F3N3O3S. The Morgan fingerprint density at radius 2 is 2.10 bits per heavy atom. The van der Waals surface area contributed by atoms with Gasteiger partial charge in [0, 0.05) is 12.1 Å². The molecule has 0 saturated carbocycles. The molecule has 0 spiro atoms. The molecule has 0 amide bonds. The monoisotopic (exact) mass is 305 g/mol. The Balaban J connectivity index is 2.55. The van der Waals surface area contributed by atoms with E-state index in [-0.39, 0.29) is 5.16 Å². The summed E-state index contributed by atoms with van der Waals surface area (Å²) in [5, 5.41) is 13.8. The van der Waals surface area contributed by atoms with Crippen LogP contribution in [0.4, 0.5) is 13.2 Å². The number of carboxylic acid groups (broad SMARTS) is 1. The van der Waals surface area contributed by atoms with Crippen molar-refractivity contribution in [1.29, 1.82) is 0 Å². The second-order valence-electron chi connectivity index (χ2n) is 3.55. The molecule has 1 aromatic heterocycles. The van der Waals surface area contributed by atoms with Crippen LogP contribution < -0.4 is 5.69 Å². The molecule has 0 aliphatic carbocycles. The van der Waals surface area contributed by atoms with Gasteiger partial charge in [0.05, 0.1) is 11.4 Å². The van der Waals surface area contributed by atoms with Crippen LogP contribution in [0.5, 0.6) is 0 Å². The zero-order valence-corrected chi connectivity index (χ0v) is 10.4. The molecular weight excluding hydrogens is 299 g/mol. The van der Waals surface area contributed by atoms with Gasteiger partial charge in [-0.1, -0.05) is 11.8 Å². The quantitative estimate of drug-likeness (QED) is 0.653. The third-order valence-corrected chi connectivity index (χ3v) is 3.10. The van der Waals surface area contributed by atoms with Gasteiger partial charge < -0.3 is 5.11 Å². The SMILES string of the molecule is O=C(O)CSc1n[nH]c(=O)n1-c1cc(F)cc(F)c1F. The van der Waals surface area contributed by atoms with E-state index in [2.05, 4.69) is 5.10 Å². The molecule has 0 saturated heterocycles. The Hall–Kier alpha value is -2.23. The number of carboxylic acids is 1. The van der Waals surface area contributed by atoms with Crippen LogP contribution >= 0.6 is 11.8 Å². The number of nitrogens with zero attached hydrogens (tertiary/aromatic N) is 2. The summed E-state index contributed by atoms with van der Waals surface area (Å²) in [5.74, 6) is -5.64. The Bertz CT molecular complexity index is 728. The number of nitrogens with one attached hydrogen (secondary N) is 1. The smallest absolute Gasteiger partial charge is 0.348 e. The number of carbonyl (C=O) groups is 1. The fourth-order valence-electron chi connectivity index (χ4n) is 1.42. The summed E-state index contributed by atoms with van der Waals surface area (Å²) in [6.45, 7) is 0. The Morgan fingerprint density at radius 1 is 1.40 bits per heavy atom. The highest BCUT2D eigenvalue weighted by atomic mass is 32.2. The topological polar surface area (TPSA) is 88.0 Å². The zero-order chi connectivity index (χ0) is 14.9. The van der Waals surface area contributed by atoms with Gasteiger partial charge in [0.15, 0.2) is 16.8 Å². The number of aliphatic carboxylic acids is 1. The maximum atomic E-state index is 13.6. The van der Waals surface area contributed by atoms with Crippen LogP contribution in [-0.2, 0) is 4.79 Å². The summed E-state index contributed by atoms with van der Waals surface area (Å²) >= 11 is 0.601. The summed E-state index contributed by atoms with van der Waals surface area (Å²) < 4.78 is 40.5. The predicted octanol–water partition coefficient (Wildman–Crippen LogP) is 1.15. The average molecular weight is 305 g/mol. The largest absolute Gasteiger partial charge is 0.481 e. The minimum atomic E-state index is -1.47. The molecule has 10 heteroatoms. The van der Waals surface area contributed by atoms with Crippen LogP contribution in [0, 0.1) is 17.5 Å². The minimum absolute atomic E-state index is 0.221. The van der Waals surface area contributed by atoms with E-state index in [4.69, 9.17) is 5.11 Å². The molecule has 0 unspecified atom stereocenters. The second kappa shape index (κ2) is 5.41. The first-order valence-corrected chi connectivity index (χ1v) is 6.05. The number of rotatable bonds is 4. The Kier molecular flexibility index (Phi) is 3.84. The van der Waals surface area contributed by atoms with Gasteiger partial charge in [-0.25, -0.2) is 27.6 Å². The summed E-state index contributed by atoms with van der Waals surface area (Å²) in [7, 11) is 0. The molecule has 0 bridgehead atoms. The van der Waals surface area contributed by atoms with Crippen LogP contribution in [0.3, 0.4) is 0 Å². The highest BCUT2D eigenvalue weighted by molar-refractivity contribution is 7.99. The lowest BCUT2D eigenvalue weighted by molar-refractivity contribution is -0.133. The standard InChI is InChI=1S/C10H6F3N3O3S/c11-4-1-5(12)8(13)6(2-4)16-9(19)14-15-10(16)20-3-7(17)18/h1-2H,3H2,(H,14,19)(H,17,18). The van der Waals surface area contributed by atoms with Gasteiger partial charge in [0.25, 0.3) is 0 Å². The third kappa shape index (κ3) is 2.69. The van der Waals surface area contributed by atoms with Crippen LogP contribution in [0.2, 0.25) is 0 Å². The number of benzene rings is 1. The lowest BCUT2D eigenvalue weighted by atomic mass is 10.3. The summed E-state index contributed by atoms with van der Waals surface area (Å²) in [4.78, 5) is 22.0. The fraction of sp³-hybridized carbons (Fsp3) is 0.100. The van der Waals surface area contributed by atoms with E-state index in [0.29, 0.717) is 28.5 Å². The zero-order valence-electron chi connectivity index (χ0n) is 9.56. The average Bonchev–Trinajstić information content (AvgIpc) is 2.72. The number of halogens is 3. The van der Waals surface area contributed by atoms with Crippen LogP contribution in [0.15, 0.2) is 22.1 Å². The number of aromatic amines is 1. The van der Waals surface area contributed by atoms with Gasteiger partial charge in [-0.3, -0.25) is 4.79 Å². The molecule has 1 heterocycles. The predicted molar refractivity (Wildman–Crippen MR) is 62.4 cm³/mol. The van der Waals surface area contributed by atoms with Crippen molar-refractivity contribution in [1.82, 2.24) is 14.8 Å². The molecule has 0 aliphatic heterocycles. The molecule has 2 rings (SSSR count). The fourth-order valence-corrected chi connectivity index (χ4v) is 2.10. The van der Waals surface area contributed by atoms with Crippen molar-refractivity contribution in [2.24, 2.45) is 0 Å². The molecule has 20 heavy (non-hydrogen) atoms. The molecule has 1 aromatic carbocycles. The normalized spacial score (nSPS) is 10.8. The maximum Gasteiger partial charge on any atom is 0.348 e. The van der Waals surface area contributed by atoms with E-state index in [0.717, 1.165) is 0 Å². The van der Waals surface area contributed by atoms with Crippen molar-refractivity contribution in [3.05, 3.63) is 40.1 Å². The number of aromatic nitrogens is 3. The molecule has 0 radical (unpaired) electrons. The van der Waals surface area contributed by atoms with E-state index in [1.54, 1.807) is 0 Å². The van der Waals surface area contributed by atoms with Crippen molar-refractivity contribution in [3.8, 4) is 5.69 Å². The van der Waals surface area contributed by atoms with E-state index >= 15 is 0 Å². The van der Waals surface area contributed by atoms with Gasteiger partial charge >= 0.3 is 11.7 Å². The lowest BCUT2D eigenvalue weighted by Crippen LogP contribution is -2.18. The Morgan fingerprint density at radius 3 is 2.75 bits per heavy atom. The van der Waals surface area contributed by atoms with Crippen molar-refractivity contribution in [3.63, 3.8) is 0 Å². The first-order valence-electron chi connectivity index (χ1n) is 5.07. The maximum absolute atomic E-state index is 13.6. The highest BCUT2D eigenvalue weighted by Crippen LogP contribution is 2.22. The summed E-state index contributed by atoms with van der Waals surface area (Å²) in [6, 6.07) is 0.939. The van der Waals surface area contributed by atoms with Gasteiger partial charge in [-0.2, -0.15) is 0 Å². The molecule has 2 N–H and O–H groups in total.